The Morgan fingerprint density at radius 3 is 2.71 bits per heavy atom. The van der Waals surface area contributed by atoms with Crippen molar-refractivity contribution in [2.75, 3.05) is 18.1 Å². The van der Waals surface area contributed by atoms with Gasteiger partial charge in [0.2, 0.25) is 0 Å². The SMILES string of the molecule is O=C(CN1C(=O)COc2ccc(Cl)cc21)c1ccccc1. The molecule has 1 aliphatic heterocycles. The molecule has 0 saturated carbocycles. The molecule has 0 saturated heterocycles. The second-order valence-corrected chi connectivity index (χ2v) is 5.11. The Morgan fingerprint density at radius 2 is 1.95 bits per heavy atom. The summed E-state index contributed by atoms with van der Waals surface area (Å²) in [6.07, 6.45) is 0. The molecule has 0 aliphatic carbocycles. The maximum absolute atomic E-state index is 12.3. The van der Waals surface area contributed by atoms with Gasteiger partial charge in [0, 0.05) is 10.6 Å². The Kier molecular flexibility index (Phi) is 3.62. The van der Waals surface area contributed by atoms with Crippen molar-refractivity contribution < 1.29 is 14.3 Å². The van der Waals surface area contributed by atoms with Crippen LogP contribution >= 0.6 is 11.6 Å². The Morgan fingerprint density at radius 1 is 1.19 bits per heavy atom. The average molecular weight is 302 g/mol. The highest BCUT2D eigenvalue weighted by molar-refractivity contribution is 6.31. The van der Waals surface area contributed by atoms with Gasteiger partial charge in [0.15, 0.2) is 12.4 Å². The number of carbonyl (C=O) groups is 2. The summed E-state index contributed by atoms with van der Waals surface area (Å²) in [6, 6.07) is 13.9. The van der Waals surface area contributed by atoms with E-state index in [4.69, 9.17) is 16.3 Å². The lowest BCUT2D eigenvalue weighted by molar-refractivity contribution is -0.121. The fourth-order valence-electron chi connectivity index (χ4n) is 2.21. The summed E-state index contributed by atoms with van der Waals surface area (Å²) >= 11 is 5.96. The van der Waals surface area contributed by atoms with Crippen LogP contribution in [0.1, 0.15) is 10.4 Å². The van der Waals surface area contributed by atoms with E-state index in [1.807, 2.05) is 6.07 Å². The highest BCUT2D eigenvalue weighted by Gasteiger charge is 2.27. The zero-order chi connectivity index (χ0) is 14.8. The third-order valence-electron chi connectivity index (χ3n) is 3.26. The van der Waals surface area contributed by atoms with Gasteiger partial charge in [-0.05, 0) is 18.2 Å². The largest absolute Gasteiger partial charge is 0.482 e. The monoisotopic (exact) mass is 301 g/mol. The molecule has 4 nitrogen and oxygen atoms in total. The number of anilines is 1. The maximum atomic E-state index is 12.3. The van der Waals surface area contributed by atoms with Crippen LogP contribution in [0.15, 0.2) is 48.5 Å². The lowest BCUT2D eigenvalue weighted by Crippen LogP contribution is -2.42. The molecule has 0 N–H and O–H groups in total. The van der Waals surface area contributed by atoms with Crippen LogP contribution in [0.3, 0.4) is 0 Å². The van der Waals surface area contributed by atoms with Crippen molar-refractivity contribution in [1.82, 2.24) is 0 Å². The number of carbonyl (C=O) groups excluding carboxylic acids is 2. The van der Waals surface area contributed by atoms with Crippen molar-refractivity contribution in [3.63, 3.8) is 0 Å². The van der Waals surface area contributed by atoms with Gasteiger partial charge in [-0.25, -0.2) is 0 Å². The van der Waals surface area contributed by atoms with Gasteiger partial charge in [0.05, 0.1) is 12.2 Å². The Labute approximate surface area is 126 Å². The molecular weight excluding hydrogens is 290 g/mol. The van der Waals surface area contributed by atoms with E-state index in [2.05, 4.69) is 0 Å². The molecule has 2 aromatic carbocycles. The second-order valence-electron chi connectivity index (χ2n) is 4.67. The van der Waals surface area contributed by atoms with Gasteiger partial charge >= 0.3 is 0 Å². The van der Waals surface area contributed by atoms with Crippen LogP contribution in [0.4, 0.5) is 5.69 Å². The van der Waals surface area contributed by atoms with E-state index in [1.54, 1.807) is 42.5 Å². The molecule has 0 unspecified atom stereocenters. The maximum Gasteiger partial charge on any atom is 0.265 e. The lowest BCUT2D eigenvalue weighted by atomic mass is 10.1. The predicted octanol–water partition coefficient (Wildman–Crippen LogP) is 2.95. The van der Waals surface area contributed by atoms with Gasteiger partial charge < -0.3 is 4.74 Å². The Bertz CT molecular complexity index is 700. The number of halogens is 1. The van der Waals surface area contributed by atoms with Crippen molar-refractivity contribution in [3.8, 4) is 5.75 Å². The molecule has 5 heteroatoms. The zero-order valence-corrected chi connectivity index (χ0v) is 11.8. The number of Topliss-reactive ketones (excluding diaryl/α,β-unsaturated/α-hetero) is 1. The minimum absolute atomic E-state index is 0.0282. The Balaban J connectivity index is 1.90. The first-order valence-corrected chi connectivity index (χ1v) is 6.84. The molecule has 3 rings (SSSR count). The number of benzene rings is 2. The van der Waals surface area contributed by atoms with Crippen LogP contribution in [-0.2, 0) is 4.79 Å². The number of amides is 1. The molecule has 1 amide bonds. The number of hydrogen-bond acceptors (Lipinski definition) is 3. The van der Waals surface area contributed by atoms with Gasteiger partial charge in [-0.3, -0.25) is 14.5 Å². The van der Waals surface area contributed by atoms with Crippen molar-refractivity contribution in [1.29, 1.82) is 0 Å². The van der Waals surface area contributed by atoms with E-state index in [0.29, 0.717) is 22.0 Å². The van der Waals surface area contributed by atoms with E-state index < -0.39 is 0 Å². The van der Waals surface area contributed by atoms with Crippen molar-refractivity contribution in [2.45, 2.75) is 0 Å². The van der Waals surface area contributed by atoms with Crippen LogP contribution in [-0.4, -0.2) is 24.8 Å². The average Bonchev–Trinajstić information content (AvgIpc) is 2.51. The highest BCUT2D eigenvalue weighted by Crippen LogP contribution is 2.34. The smallest absolute Gasteiger partial charge is 0.265 e. The van der Waals surface area contributed by atoms with E-state index in [-0.39, 0.29) is 24.8 Å². The predicted molar refractivity (Wildman–Crippen MR) is 80.1 cm³/mol. The van der Waals surface area contributed by atoms with Crippen LogP contribution in [0, 0.1) is 0 Å². The van der Waals surface area contributed by atoms with Gasteiger partial charge in [0.1, 0.15) is 5.75 Å². The standard InChI is InChI=1S/C16H12ClNO3/c17-12-6-7-15-13(8-12)18(16(20)10-21-15)9-14(19)11-4-2-1-3-5-11/h1-8H,9-10H2. The molecule has 2 aromatic rings. The minimum Gasteiger partial charge on any atom is -0.482 e. The molecule has 1 aliphatic rings. The zero-order valence-electron chi connectivity index (χ0n) is 11.1. The molecule has 0 fully saturated rings. The molecule has 0 aromatic heterocycles. The second kappa shape index (κ2) is 5.58. The third kappa shape index (κ3) is 2.76. The molecule has 0 atom stereocenters. The number of fused-ring (bicyclic) bond motifs is 1. The molecule has 0 radical (unpaired) electrons. The van der Waals surface area contributed by atoms with Crippen molar-refractivity contribution in [2.24, 2.45) is 0 Å². The normalized spacial score (nSPS) is 13.6. The first-order chi connectivity index (χ1) is 10.1. The van der Waals surface area contributed by atoms with E-state index in [1.165, 1.54) is 4.90 Å². The first-order valence-electron chi connectivity index (χ1n) is 6.46. The van der Waals surface area contributed by atoms with Crippen LogP contribution in [0.5, 0.6) is 5.75 Å². The topological polar surface area (TPSA) is 46.6 Å². The number of nitrogens with zero attached hydrogens (tertiary/aromatic N) is 1. The molecule has 1 heterocycles. The fraction of sp³-hybridized carbons (Fsp3) is 0.125. The third-order valence-corrected chi connectivity index (χ3v) is 3.50. The lowest BCUT2D eigenvalue weighted by Gasteiger charge is -2.29. The molecule has 21 heavy (non-hydrogen) atoms. The van der Waals surface area contributed by atoms with Crippen molar-refractivity contribution in [3.05, 3.63) is 59.1 Å². The first kappa shape index (κ1) is 13.6. The summed E-state index contributed by atoms with van der Waals surface area (Å²) in [6.45, 7) is -0.101. The summed E-state index contributed by atoms with van der Waals surface area (Å²) in [5.74, 6) is 0.172. The van der Waals surface area contributed by atoms with Gasteiger partial charge in [0.25, 0.3) is 5.91 Å². The summed E-state index contributed by atoms with van der Waals surface area (Å²) in [5, 5.41) is 0.490. The summed E-state index contributed by atoms with van der Waals surface area (Å²) in [4.78, 5) is 25.7. The number of rotatable bonds is 3. The minimum atomic E-state index is -0.256. The van der Waals surface area contributed by atoms with E-state index >= 15 is 0 Å². The summed E-state index contributed by atoms with van der Waals surface area (Å²) in [5.41, 5.74) is 1.10. The molecule has 0 bridgehead atoms. The van der Waals surface area contributed by atoms with Crippen molar-refractivity contribution >= 4 is 29.0 Å². The highest BCUT2D eigenvalue weighted by atomic mass is 35.5. The number of ketones is 1. The molecule has 0 spiro atoms. The van der Waals surface area contributed by atoms with Gasteiger partial charge in [-0.1, -0.05) is 41.9 Å². The van der Waals surface area contributed by atoms with Crippen LogP contribution in [0.25, 0.3) is 0 Å². The van der Waals surface area contributed by atoms with Crippen LogP contribution in [0.2, 0.25) is 5.02 Å². The quantitative estimate of drug-likeness (QED) is 0.819. The Hall–Kier alpha value is -2.33. The molecule has 106 valence electrons. The van der Waals surface area contributed by atoms with Gasteiger partial charge in [-0.2, -0.15) is 0 Å². The van der Waals surface area contributed by atoms with Gasteiger partial charge in [-0.15, -0.1) is 0 Å². The van der Waals surface area contributed by atoms with E-state index in [0.717, 1.165) is 0 Å². The van der Waals surface area contributed by atoms with Crippen LogP contribution < -0.4 is 9.64 Å². The fourth-order valence-corrected chi connectivity index (χ4v) is 2.37. The number of ether oxygens (including phenoxy) is 1. The summed E-state index contributed by atoms with van der Waals surface area (Å²) in [7, 11) is 0. The number of hydrogen-bond donors (Lipinski definition) is 0. The summed E-state index contributed by atoms with van der Waals surface area (Å²) < 4.78 is 5.35. The molecular formula is C16H12ClNO3. The van der Waals surface area contributed by atoms with E-state index in [9.17, 15) is 9.59 Å².